The van der Waals surface area contributed by atoms with Crippen LogP contribution in [0.25, 0.3) is 0 Å². The standard InChI is InChI=1S/C16H17BrClFN2/c1-21(10-11-5-7-12(17)8-6-11)15(9-20)16-13(18)3-2-4-14(16)19/h2-8,15H,9-10,20H2,1H3. The Morgan fingerprint density at radius 1 is 1.24 bits per heavy atom. The molecule has 0 saturated heterocycles. The summed E-state index contributed by atoms with van der Waals surface area (Å²) in [6.45, 7) is 0.966. The maximum atomic E-state index is 14.1. The third-order valence-electron chi connectivity index (χ3n) is 3.43. The van der Waals surface area contributed by atoms with Gasteiger partial charge in [-0.2, -0.15) is 0 Å². The maximum Gasteiger partial charge on any atom is 0.129 e. The lowest BCUT2D eigenvalue weighted by Crippen LogP contribution is -2.31. The van der Waals surface area contributed by atoms with E-state index in [-0.39, 0.29) is 11.9 Å². The summed E-state index contributed by atoms with van der Waals surface area (Å²) in [5, 5.41) is 0.410. The highest BCUT2D eigenvalue weighted by Crippen LogP contribution is 2.29. The molecule has 2 aromatic carbocycles. The summed E-state index contributed by atoms with van der Waals surface area (Å²) in [6, 6.07) is 12.5. The predicted octanol–water partition coefficient (Wildman–Crippen LogP) is 4.37. The van der Waals surface area contributed by atoms with Crippen molar-refractivity contribution in [2.45, 2.75) is 12.6 Å². The summed E-state index contributed by atoms with van der Waals surface area (Å²) in [7, 11) is 1.92. The average Bonchev–Trinajstić information content (AvgIpc) is 2.45. The molecule has 0 radical (unpaired) electrons. The smallest absolute Gasteiger partial charge is 0.129 e. The lowest BCUT2D eigenvalue weighted by atomic mass is 10.0. The van der Waals surface area contributed by atoms with Gasteiger partial charge in [-0.25, -0.2) is 4.39 Å². The van der Waals surface area contributed by atoms with Crippen molar-refractivity contribution in [3.8, 4) is 0 Å². The molecule has 0 aliphatic heterocycles. The Balaban J connectivity index is 2.22. The van der Waals surface area contributed by atoms with Crippen molar-refractivity contribution in [3.05, 3.63) is 68.9 Å². The molecule has 0 heterocycles. The highest BCUT2D eigenvalue weighted by atomic mass is 79.9. The van der Waals surface area contributed by atoms with E-state index < -0.39 is 0 Å². The van der Waals surface area contributed by atoms with Gasteiger partial charge in [0, 0.05) is 28.1 Å². The van der Waals surface area contributed by atoms with Crippen LogP contribution in [0.3, 0.4) is 0 Å². The summed E-state index contributed by atoms with van der Waals surface area (Å²) in [5.74, 6) is -0.319. The second-order valence-corrected chi connectivity index (χ2v) is 6.25. The topological polar surface area (TPSA) is 29.3 Å². The number of rotatable bonds is 5. The van der Waals surface area contributed by atoms with Gasteiger partial charge in [-0.3, -0.25) is 4.90 Å². The fourth-order valence-corrected chi connectivity index (χ4v) is 2.89. The first-order chi connectivity index (χ1) is 10.0. The molecular formula is C16H17BrClFN2. The number of likely N-dealkylation sites (N-methyl/N-ethyl adjacent to an activating group) is 1. The minimum absolute atomic E-state index is 0.262. The fourth-order valence-electron chi connectivity index (χ4n) is 2.34. The van der Waals surface area contributed by atoms with Crippen LogP contribution in [0, 0.1) is 5.82 Å². The molecule has 0 aliphatic carbocycles. The predicted molar refractivity (Wildman–Crippen MR) is 88.8 cm³/mol. The van der Waals surface area contributed by atoms with Crippen molar-refractivity contribution in [1.82, 2.24) is 4.90 Å². The highest BCUT2D eigenvalue weighted by Gasteiger charge is 2.21. The number of nitrogens with zero attached hydrogens (tertiary/aromatic N) is 1. The van der Waals surface area contributed by atoms with Crippen molar-refractivity contribution < 1.29 is 4.39 Å². The van der Waals surface area contributed by atoms with Gasteiger partial charge >= 0.3 is 0 Å². The van der Waals surface area contributed by atoms with Crippen LogP contribution in [0.15, 0.2) is 46.9 Å². The molecule has 1 atom stereocenters. The van der Waals surface area contributed by atoms with Gasteiger partial charge in [-0.05, 0) is 36.9 Å². The van der Waals surface area contributed by atoms with E-state index in [9.17, 15) is 4.39 Å². The molecule has 5 heteroatoms. The molecule has 0 aromatic heterocycles. The SMILES string of the molecule is CN(Cc1ccc(Br)cc1)C(CN)c1c(F)cccc1Cl. The lowest BCUT2D eigenvalue weighted by molar-refractivity contribution is 0.237. The van der Waals surface area contributed by atoms with Gasteiger partial charge in [-0.15, -0.1) is 0 Å². The summed E-state index contributed by atoms with van der Waals surface area (Å²) >= 11 is 9.55. The van der Waals surface area contributed by atoms with E-state index in [1.54, 1.807) is 12.1 Å². The van der Waals surface area contributed by atoms with Gasteiger partial charge in [-0.1, -0.05) is 45.7 Å². The van der Waals surface area contributed by atoms with Crippen molar-refractivity contribution in [1.29, 1.82) is 0 Å². The van der Waals surface area contributed by atoms with Crippen molar-refractivity contribution in [3.63, 3.8) is 0 Å². The highest BCUT2D eigenvalue weighted by molar-refractivity contribution is 9.10. The summed E-state index contributed by atoms with van der Waals surface area (Å²) < 4.78 is 15.1. The van der Waals surface area contributed by atoms with E-state index >= 15 is 0 Å². The van der Waals surface area contributed by atoms with Crippen LogP contribution in [0.1, 0.15) is 17.2 Å². The van der Waals surface area contributed by atoms with E-state index in [2.05, 4.69) is 15.9 Å². The van der Waals surface area contributed by atoms with Gasteiger partial charge < -0.3 is 5.73 Å². The van der Waals surface area contributed by atoms with Crippen LogP contribution in [0.4, 0.5) is 4.39 Å². The fraction of sp³-hybridized carbons (Fsp3) is 0.250. The molecule has 0 aliphatic rings. The summed E-state index contributed by atoms with van der Waals surface area (Å²) in [5.41, 5.74) is 7.44. The van der Waals surface area contributed by atoms with E-state index in [1.807, 2.05) is 36.2 Å². The second-order valence-electron chi connectivity index (χ2n) is 4.93. The summed E-state index contributed by atoms with van der Waals surface area (Å²) in [6.07, 6.45) is 0. The van der Waals surface area contributed by atoms with Gasteiger partial charge in [0.15, 0.2) is 0 Å². The number of hydrogen-bond acceptors (Lipinski definition) is 2. The van der Waals surface area contributed by atoms with Crippen LogP contribution < -0.4 is 5.73 Å². The first-order valence-electron chi connectivity index (χ1n) is 6.61. The molecule has 2 nitrogen and oxygen atoms in total. The Hall–Kier alpha value is -0.940. The van der Waals surface area contributed by atoms with Crippen LogP contribution in [0.5, 0.6) is 0 Å². The number of benzene rings is 2. The zero-order valence-electron chi connectivity index (χ0n) is 11.7. The molecule has 0 spiro atoms. The third-order valence-corrected chi connectivity index (χ3v) is 4.29. The molecule has 2 aromatic rings. The molecule has 0 fully saturated rings. The number of halogens is 3. The molecule has 21 heavy (non-hydrogen) atoms. The molecule has 0 amide bonds. The van der Waals surface area contributed by atoms with Gasteiger partial charge in [0.2, 0.25) is 0 Å². The van der Waals surface area contributed by atoms with E-state index in [0.29, 0.717) is 23.7 Å². The minimum Gasteiger partial charge on any atom is -0.329 e. The largest absolute Gasteiger partial charge is 0.329 e. The van der Waals surface area contributed by atoms with Crippen LogP contribution in [0.2, 0.25) is 5.02 Å². The number of hydrogen-bond donors (Lipinski definition) is 1. The molecule has 112 valence electrons. The van der Waals surface area contributed by atoms with Crippen LogP contribution >= 0.6 is 27.5 Å². The third kappa shape index (κ3) is 4.04. The van der Waals surface area contributed by atoms with Gasteiger partial charge in [0.25, 0.3) is 0 Å². The van der Waals surface area contributed by atoms with E-state index in [1.165, 1.54) is 6.07 Å². The van der Waals surface area contributed by atoms with Crippen LogP contribution in [-0.2, 0) is 6.54 Å². The van der Waals surface area contributed by atoms with Crippen molar-refractivity contribution >= 4 is 27.5 Å². The molecule has 0 bridgehead atoms. The Morgan fingerprint density at radius 2 is 1.90 bits per heavy atom. The summed E-state index contributed by atoms with van der Waals surface area (Å²) in [4.78, 5) is 2.01. The zero-order valence-corrected chi connectivity index (χ0v) is 14.0. The van der Waals surface area contributed by atoms with Crippen molar-refractivity contribution in [2.75, 3.05) is 13.6 Å². The zero-order chi connectivity index (χ0) is 15.4. The van der Waals surface area contributed by atoms with E-state index in [4.69, 9.17) is 17.3 Å². The molecule has 1 unspecified atom stereocenters. The van der Waals surface area contributed by atoms with Gasteiger partial charge in [0.1, 0.15) is 5.82 Å². The number of nitrogens with two attached hydrogens (primary N) is 1. The Kier molecular flexibility index (Phi) is 5.76. The first-order valence-corrected chi connectivity index (χ1v) is 7.78. The molecular weight excluding hydrogens is 355 g/mol. The quantitative estimate of drug-likeness (QED) is 0.845. The normalized spacial score (nSPS) is 12.7. The maximum absolute atomic E-state index is 14.1. The van der Waals surface area contributed by atoms with Gasteiger partial charge in [0.05, 0.1) is 6.04 Å². The Labute approximate surface area is 137 Å². The average molecular weight is 372 g/mol. The Bertz CT molecular complexity index is 583. The van der Waals surface area contributed by atoms with Crippen LogP contribution in [-0.4, -0.2) is 18.5 Å². The minimum atomic E-state index is -0.319. The molecule has 2 rings (SSSR count). The molecule has 0 saturated carbocycles. The van der Waals surface area contributed by atoms with Crippen molar-refractivity contribution in [2.24, 2.45) is 5.73 Å². The molecule has 2 N–H and O–H groups in total. The monoisotopic (exact) mass is 370 g/mol. The Morgan fingerprint density at radius 3 is 2.48 bits per heavy atom. The first kappa shape index (κ1) is 16.4. The van der Waals surface area contributed by atoms with E-state index in [0.717, 1.165) is 10.0 Å². The second kappa shape index (κ2) is 7.36. The lowest BCUT2D eigenvalue weighted by Gasteiger charge is -2.28.